The summed E-state index contributed by atoms with van der Waals surface area (Å²) in [7, 11) is 1.63. The van der Waals surface area contributed by atoms with Crippen LogP contribution in [0.15, 0.2) is 54.6 Å². The highest BCUT2D eigenvalue weighted by molar-refractivity contribution is 5.84. The topological polar surface area (TPSA) is 49.9 Å². The Balaban J connectivity index is 1.47. The van der Waals surface area contributed by atoms with E-state index < -0.39 is 0 Å². The molecule has 0 saturated carbocycles. The normalized spacial score (nSPS) is 21.5. The summed E-state index contributed by atoms with van der Waals surface area (Å²) < 4.78 is 5.25. The van der Waals surface area contributed by atoms with Gasteiger partial charge in [0.15, 0.2) is 0 Å². The third kappa shape index (κ3) is 3.88. The molecule has 2 atom stereocenters. The van der Waals surface area contributed by atoms with Gasteiger partial charge in [0.2, 0.25) is 11.8 Å². The Morgan fingerprint density at radius 2 is 1.82 bits per heavy atom. The molecule has 146 valence electrons. The molecular formula is C23H26N2O3. The predicted molar refractivity (Wildman–Crippen MR) is 107 cm³/mol. The molecule has 3 aliphatic heterocycles. The lowest BCUT2D eigenvalue weighted by Gasteiger charge is -2.36. The summed E-state index contributed by atoms with van der Waals surface area (Å²) in [4.78, 5) is 29.8. The lowest BCUT2D eigenvalue weighted by Crippen LogP contribution is -2.47. The van der Waals surface area contributed by atoms with Gasteiger partial charge < -0.3 is 14.5 Å². The molecule has 0 unspecified atom stereocenters. The van der Waals surface area contributed by atoms with Gasteiger partial charge in [-0.25, -0.2) is 0 Å². The third-order valence-electron chi connectivity index (χ3n) is 5.83. The van der Waals surface area contributed by atoms with Gasteiger partial charge in [0, 0.05) is 25.7 Å². The summed E-state index contributed by atoms with van der Waals surface area (Å²) >= 11 is 0. The van der Waals surface area contributed by atoms with Crippen LogP contribution in [0.4, 0.5) is 0 Å². The lowest BCUT2D eigenvalue weighted by molar-refractivity contribution is -0.140. The van der Waals surface area contributed by atoms with Crippen LogP contribution in [0.5, 0.6) is 5.75 Å². The zero-order chi connectivity index (χ0) is 19.5. The van der Waals surface area contributed by atoms with Gasteiger partial charge in [-0.05, 0) is 36.1 Å². The number of piperidine rings is 1. The van der Waals surface area contributed by atoms with Gasteiger partial charge in [0.05, 0.1) is 19.4 Å². The fourth-order valence-corrected chi connectivity index (χ4v) is 4.30. The lowest BCUT2D eigenvalue weighted by atomic mass is 9.93. The number of hydrogen-bond acceptors (Lipinski definition) is 3. The van der Waals surface area contributed by atoms with Gasteiger partial charge in [-0.15, -0.1) is 0 Å². The van der Waals surface area contributed by atoms with E-state index in [1.807, 2.05) is 52.3 Å². The molecular weight excluding hydrogens is 352 g/mol. The number of hydrogen-bond donors (Lipinski definition) is 0. The maximum Gasteiger partial charge on any atom is 0.228 e. The third-order valence-corrected chi connectivity index (χ3v) is 5.83. The van der Waals surface area contributed by atoms with Crippen molar-refractivity contribution in [2.24, 2.45) is 5.92 Å². The number of nitrogens with zero attached hydrogens (tertiary/aromatic N) is 2. The molecule has 0 aromatic heterocycles. The van der Waals surface area contributed by atoms with E-state index in [4.69, 9.17) is 4.74 Å². The van der Waals surface area contributed by atoms with Gasteiger partial charge in [0.1, 0.15) is 5.75 Å². The quantitative estimate of drug-likeness (QED) is 0.804. The summed E-state index contributed by atoms with van der Waals surface area (Å²) in [6, 6.07) is 17.8. The average molecular weight is 378 g/mol. The van der Waals surface area contributed by atoms with Crippen LogP contribution in [0.3, 0.4) is 0 Å². The largest absolute Gasteiger partial charge is 0.497 e. The molecule has 2 aromatic carbocycles. The first-order chi connectivity index (χ1) is 13.6. The number of ether oxygens (including phenoxy) is 1. The Morgan fingerprint density at radius 1 is 1.04 bits per heavy atom. The number of methoxy groups -OCH3 is 1. The number of fused-ring (bicyclic) bond motifs is 4. The van der Waals surface area contributed by atoms with Crippen LogP contribution in [0.1, 0.15) is 24.0 Å². The van der Waals surface area contributed by atoms with Crippen molar-refractivity contribution in [3.8, 4) is 5.75 Å². The minimum Gasteiger partial charge on any atom is -0.497 e. The van der Waals surface area contributed by atoms with Crippen molar-refractivity contribution in [2.45, 2.75) is 31.8 Å². The summed E-state index contributed by atoms with van der Waals surface area (Å²) in [6.07, 6.45) is 2.17. The van der Waals surface area contributed by atoms with Crippen molar-refractivity contribution in [2.75, 3.05) is 20.2 Å². The number of carbonyl (C=O) groups is 2. The molecule has 0 spiro atoms. The van der Waals surface area contributed by atoms with Crippen LogP contribution in [0.2, 0.25) is 0 Å². The van der Waals surface area contributed by atoms with Crippen LogP contribution in [0, 0.1) is 5.92 Å². The molecule has 0 N–H and O–H groups in total. The van der Waals surface area contributed by atoms with Gasteiger partial charge >= 0.3 is 0 Å². The molecule has 28 heavy (non-hydrogen) atoms. The van der Waals surface area contributed by atoms with E-state index in [2.05, 4.69) is 12.1 Å². The van der Waals surface area contributed by atoms with E-state index in [1.54, 1.807) is 7.11 Å². The van der Waals surface area contributed by atoms with E-state index >= 15 is 0 Å². The zero-order valence-electron chi connectivity index (χ0n) is 16.2. The monoisotopic (exact) mass is 378 g/mol. The highest BCUT2D eigenvalue weighted by Crippen LogP contribution is 2.30. The van der Waals surface area contributed by atoms with E-state index in [9.17, 15) is 9.59 Å². The maximum absolute atomic E-state index is 13.0. The van der Waals surface area contributed by atoms with Gasteiger partial charge in [-0.2, -0.15) is 0 Å². The highest BCUT2D eigenvalue weighted by atomic mass is 16.5. The number of rotatable bonds is 5. The van der Waals surface area contributed by atoms with Crippen LogP contribution >= 0.6 is 0 Å². The number of carbonyl (C=O) groups excluding carboxylic acids is 2. The first kappa shape index (κ1) is 18.5. The zero-order valence-corrected chi connectivity index (χ0v) is 16.2. The van der Waals surface area contributed by atoms with E-state index in [1.165, 1.54) is 0 Å². The number of amides is 2. The Morgan fingerprint density at radius 3 is 2.61 bits per heavy atom. The smallest absolute Gasteiger partial charge is 0.228 e. The van der Waals surface area contributed by atoms with Crippen molar-refractivity contribution in [3.63, 3.8) is 0 Å². The van der Waals surface area contributed by atoms with E-state index in [0.717, 1.165) is 29.7 Å². The Hall–Kier alpha value is -2.82. The second-order valence-corrected chi connectivity index (χ2v) is 7.71. The molecule has 3 aliphatic rings. The van der Waals surface area contributed by atoms with Gasteiger partial charge in [-0.1, -0.05) is 42.5 Å². The maximum atomic E-state index is 13.0. The first-order valence-electron chi connectivity index (χ1n) is 9.89. The molecule has 3 heterocycles. The van der Waals surface area contributed by atoms with Crippen molar-refractivity contribution in [3.05, 3.63) is 65.7 Å². The Kier molecular flexibility index (Phi) is 5.33. The average Bonchev–Trinajstić information content (AvgIpc) is 3.01. The molecule has 5 heteroatoms. The molecule has 2 amide bonds. The van der Waals surface area contributed by atoms with Crippen molar-refractivity contribution >= 4 is 11.8 Å². The SMILES string of the molecule is COc1cccc(CC(=O)N2C[C@@H]3CC[C@H](C2)N(Cc2ccccc2)C3=O)c1. The van der Waals surface area contributed by atoms with E-state index in [-0.39, 0.29) is 23.8 Å². The first-order valence-corrected chi connectivity index (χ1v) is 9.89. The van der Waals surface area contributed by atoms with Gasteiger partial charge in [-0.3, -0.25) is 9.59 Å². The van der Waals surface area contributed by atoms with Crippen LogP contribution in [-0.4, -0.2) is 47.9 Å². The van der Waals surface area contributed by atoms with Crippen LogP contribution < -0.4 is 4.74 Å². The molecule has 3 fully saturated rings. The second kappa shape index (κ2) is 8.05. The minimum absolute atomic E-state index is 0.0829. The summed E-state index contributed by atoms with van der Waals surface area (Å²) in [6.45, 7) is 1.78. The fraction of sp³-hybridized carbons (Fsp3) is 0.391. The van der Waals surface area contributed by atoms with Crippen LogP contribution in [-0.2, 0) is 22.6 Å². The van der Waals surface area contributed by atoms with E-state index in [0.29, 0.717) is 26.1 Å². The summed E-state index contributed by atoms with van der Waals surface area (Å²) in [5.41, 5.74) is 2.08. The van der Waals surface area contributed by atoms with Crippen LogP contribution in [0.25, 0.3) is 0 Å². The standard InChI is InChI=1S/C23H26N2O3/c1-28-21-9-5-8-18(12-21)13-22(26)24-15-19-10-11-20(16-24)25(23(19)27)14-17-6-3-2-4-7-17/h2-9,12,19-20H,10-11,13-16H2,1H3/t19-,20+/m0/s1. The van der Waals surface area contributed by atoms with Crippen molar-refractivity contribution in [1.82, 2.24) is 9.80 Å². The molecule has 5 nitrogen and oxygen atoms in total. The van der Waals surface area contributed by atoms with Crippen molar-refractivity contribution in [1.29, 1.82) is 0 Å². The molecule has 0 aliphatic carbocycles. The molecule has 5 rings (SSSR count). The number of benzene rings is 2. The molecule has 2 aromatic rings. The fourth-order valence-electron chi connectivity index (χ4n) is 4.30. The minimum atomic E-state index is -0.0864. The molecule has 0 radical (unpaired) electrons. The molecule has 2 bridgehead atoms. The summed E-state index contributed by atoms with van der Waals surface area (Å²) in [5.74, 6) is 0.943. The Labute approximate surface area is 165 Å². The molecule has 3 saturated heterocycles. The Bertz CT molecular complexity index is 852. The second-order valence-electron chi connectivity index (χ2n) is 7.71. The summed E-state index contributed by atoms with van der Waals surface area (Å²) in [5, 5.41) is 0. The van der Waals surface area contributed by atoms with Gasteiger partial charge in [0.25, 0.3) is 0 Å². The highest BCUT2D eigenvalue weighted by Gasteiger charge is 2.41. The predicted octanol–water partition coefficient (Wildman–Crippen LogP) is 2.89. The van der Waals surface area contributed by atoms with Crippen molar-refractivity contribution < 1.29 is 14.3 Å².